The number of fused-ring (bicyclic) bond motifs is 1. The molecule has 2 rings (SSSR count). The quantitative estimate of drug-likeness (QED) is 0.871. The first-order valence-corrected chi connectivity index (χ1v) is 5.88. The number of nitrogens with one attached hydrogen (secondary N) is 1. The molecule has 0 fully saturated rings. The van der Waals surface area contributed by atoms with E-state index < -0.39 is 17.9 Å². The van der Waals surface area contributed by atoms with Gasteiger partial charge in [0.1, 0.15) is 11.7 Å². The minimum absolute atomic E-state index is 0.118. The lowest BCUT2D eigenvalue weighted by atomic mass is 10.2. The number of rotatable bonds is 4. The Morgan fingerprint density at radius 2 is 2.05 bits per heavy atom. The molecule has 1 aromatic carbocycles. The molecule has 1 aromatic heterocycles. The van der Waals surface area contributed by atoms with Gasteiger partial charge in [-0.15, -0.1) is 0 Å². The molecule has 6 nitrogen and oxygen atoms in total. The van der Waals surface area contributed by atoms with Gasteiger partial charge in [0.25, 0.3) is 5.91 Å². The first-order valence-electron chi connectivity index (χ1n) is 5.88. The van der Waals surface area contributed by atoms with E-state index in [1.807, 2.05) is 12.1 Å². The molecule has 1 atom stereocenters. The van der Waals surface area contributed by atoms with Crippen LogP contribution in [-0.4, -0.2) is 28.0 Å². The number of benzene rings is 1. The molecule has 2 aromatic rings. The zero-order valence-electron chi connectivity index (χ0n) is 10.4. The van der Waals surface area contributed by atoms with Crippen molar-refractivity contribution in [3.63, 3.8) is 0 Å². The number of nitriles is 1. The molecule has 1 amide bonds. The van der Waals surface area contributed by atoms with Crippen molar-refractivity contribution in [1.29, 1.82) is 5.26 Å². The number of amides is 1. The van der Waals surface area contributed by atoms with E-state index >= 15 is 0 Å². The third-order valence-corrected chi connectivity index (χ3v) is 2.73. The largest absolute Gasteiger partial charge is 0.480 e. The van der Waals surface area contributed by atoms with Crippen LogP contribution < -0.4 is 5.32 Å². The highest BCUT2D eigenvalue weighted by molar-refractivity contribution is 5.97. The molecule has 0 bridgehead atoms. The van der Waals surface area contributed by atoms with Gasteiger partial charge < -0.3 is 10.4 Å². The predicted molar refractivity (Wildman–Crippen MR) is 70.9 cm³/mol. The van der Waals surface area contributed by atoms with Crippen LogP contribution >= 0.6 is 0 Å². The molecule has 0 aliphatic rings. The first kappa shape index (κ1) is 13.5. The predicted octanol–water partition coefficient (Wildman–Crippen LogP) is 1.33. The van der Waals surface area contributed by atoms with E-state index in [1.165, 1.54) is 6.07 Å². The second kappa shape index (κ2) is 5.80. The fraction of sp³-hybridized carbons (Fsp3) is 0.143. The van der Waals surface area contributed by atoms with E-state index in [0.29, 0.717) is 5.52 Å². The van der Waals surface area contributed by atoms with E-state index in [2.05, 4.69) is 10.3 Å². The molecule has 6 heteroatoms. The van der Waals surface area contributed by atoms with E-state index in [9.17, 15) is 9.59 Å². The highest BCUT2D eigenvalue weighted by atomic mass is 16.4. The molecule has 0 aliphatic carbocycles. The normalized spacial score (nSPS) is 11.6. The van der Waals surface area contributed by atoms with E-state index in [1.54, 1.807) is 24.3 Å². The SMILES string of the molecule is N#CC[C@H](NC(=O)c1ccc2ccccc2n1)C(=O)O. The van der Waals surface area contributed by atoms with Gasteiger partial charge in [-0.05, 0) is 12.1 Å². The highest BCUT2D eigenvalue weighted by Crippen LogP contribution is 2.11. The van der Waals surface area contributed by atoms with Crippen LogP contribution in [0.2, 0.25) is 0 Å². The summed E-state index contributed by atoms with van der Waals surface area (Å²) < 4.78 is 0. The summed E-state index contributed by atoms with van der Waals surface area (Å²) in [6.45, 7) is 0. The third kappa shape index (κ3) is 2.90. The average Bonchev–Trinajstić information content (AvgIpc) is 2.46. The van der Waals surface area contributed by atoms with Crippen molar-refractivity contribution in [1.82, 2.24) is 10.3 Å². The minimum Gasteiger partial charge on any atom is -0.480 e. The maximum Gasteiger partial charge on any atom is 0.327 e. The van der Waals surface area contributed by atoms with Crippen molar-refractivity contribution in [2.75, 3.05) is 0 Å². The minimum atomic E-state index is -1.25. The van der Waals surface area contributed by atoms with Gasteiger partial charge in [-0.1, -0.05) is 24.3 Å². The topological polar surface area (TPSA) is 103 Å². The maximum atomic E-state index is 11.9. The summed E-state index contributed by atoms with van der Waals surface area (Å²) in [5.41, 5.74) is 0.764. The zero-order valence-corrected chi connectivity index (χ0v) is 10.4. The molecule has 100 valence electrons. The molecule has 20 heavy (non-hydrogen) atoms. The molecular weight excluding hydrogens is 258 g/mol. The number of carbonyl (C=O) groups is 2. The number of carbonyl (C=O) groups excluding carboxylic acids is 1. The summed E-state index contributed by atoms with van der Waals surface area (Å²) >= 11 is 0. The Morgan fingerprint density at radius 3 is 2.75 bits per heavy atom. The smallest absolute Gasteiger partial charge is 0.327 e. The summed E-state index contributed by atoms with van der Waals surface area (Å²) in [4.78, 5) is 27.0. The lowest BCUT2D eigenvalue weighted by Crippen LogP contribution is -2.40. The van der Waals surface area contributed by atoms with Crippen molar-refractivity contribution in [3.8, 4) is 6.07 Å². The number of para-hydroxylation sites is 1. The second-order valence-electron chi connectivity index (χ2n) is 4.12. The summed E-state index contributed by atoms with van der Waals surface area (Å²) in [6, 6.07) is 11.0. The Hall–Kier alpha value is -2.94. The van der Waals surface area contributed by atoms with Gasteiger partial charge >= 0.3 is 5.97 Å². The van der Waals surface area contributed by atoms with Crippen LogP contribution in [0.3, 0.4) is 0 Å². The summed E-state index contributed by atoms with van der Waals surface area (Å²) in [7, 11) is 0. The van der Waals surface area contributed by atoms with Crippen molar-refractivity contribution in [2.24, 2.45) is 0 Å². The fourth-order valence-electron chi connectivity index (χ4n) is 1.72. The van der Waals surface area contributed by atoms with E-state index in [0.717, 1.165) is 5.39 Å². The number of hydrogen-bond acceptors (Lipinski definition) is 4. The van der Waals surface area contributed by atoms with Crippen molar-refractivity contribution in [2.45, 2.75) is 12.5 Å². The fourth-order valence-corrected chi connectivity index (χ4v) is 1.72. The molecule has 0 aliphatic heterocycles. The van der Waals surface area contributed by atoms with Crippen LogP contribution in [0.15, 0.2) is 36.4 Å². The van der Waals surface area contributed by atoms with Crippen LogP contribution in [0.1, 0.15) is 16.9 Å². The van der Waals surface area contributed by atoms with Gasteiger partial charge in [-0.25, -0.2) is 9.78 Å². The Morgan fingerprint density at radius 1 is 1.30 bits per heavy atom. The van der Waals surface area contributed by atoms with Crippen LogP contribution in [0.4, 0.5) is 0 Å². The lowest BCUT2D eigenvalue weighted by Gasteiger charge is -2.10. The standard InChI is InChI=1S/C14H11N3O3/c15-8-7-12(14(19)20)17-13(18)11-6-5-9-3-1-2-4-10(9)16-11/h1-6,12H,7H2,(H,17,18)(H,19,20)/t12-/m0/s1. The molecule has 2 N–H and O–H groups in total. The molecule has 0 saturated carbocycles. The van der Waals surface area contributed by atoms with Crippen molar-refractivity contribution in [3.05, 3.63) is 42.1 Å². The van der Waals surface area contributed by atoms with Crippen LogP contribution in [-0.2, 0) is 4.79 Å². The third-order valence-electron chi connectivity index (χ3n) is 2.73. The number of aliphatic carboxylic acids is 1. The van der Waals surface area contributed by atoms with Crippen molar-refractivity contribution < 1.29 is 14.7 Å². The second-order valence-corrected chi connectivity index (χ2v) is 4.12. The molecule has 0 radical (unpaired) electrons. The van der Waals surface area contributed by atoms with Gasteiger partial charge in [0.05, 0.1) is 18.0 Å². The number of pyridine rings is 1. The number of nitrogens with zero attached hydrogens (tertiary/aromatic N) is 2. The Kier molecular flexibility index (Phi) is 3.91. The first-order chi connectivity index (χ1) is 9.61. The number of carboxylic acid groups (broad SMARTS) is 1. The van der Waals surface area contributed by atoms with Crippen LogP contribution in [0.25, 0.3) is 10.9 Å². The zero-order chi connectivity index (χ0) is 14.5. The Bertz CT molecular complexity index is 706. The van der Waals surface area contributed by atoms with E-state index in [4.69, 9.17) is 10.4 Å². The van der Waals surface area contributed by atoms with Gasteiger partial charge in [-0.2, -0.15) is 5.26 Å². The number of aromatic nitrogens is 1. The van der Waals surface area contributed by atoms with Gasteiger partial charge in [0, 0.05) is 5.39 Å². The molecule has 0 saturated heterocycles. The van der Waals surface area contributed by atoms with Gasteiger partial charge in [-0.3, -0.25) is 4.79 Å². The molecular formula is C14H11N3O3. The highest BCUT2D eigenvalue weighted by Gasteiger charge is 2.20. The van der Waals surface area contributed by atoms with E-state index in [-0.39, 0.29) is 12.1 Å². The van der Waals surface area contributed by atoms with Gasteiger partial charge in [0.15, 0.2) is 0 Å². The number of hydrogen-bond donors (Lipinski definition) is 2. The lowest BCUT2D eigenvalue weighted by molar-refractivity contribution is -0.139. The summed E-state index contributed by atoms with van der Waals surface area (Å²) in [6.07, 6.45) is -0.297. The molecule has 0 unspecified atom stereocenters. The summed E-state index contributed by atoms with van der Waals surface area (Å²) in [5.74, 6) is -1.86. The van der Waals surface area contributed by atoms with Gasteiger partial charge in [0.2, 0.25) is 0 Å². The number of carboxylic acids is 1. The Balaban J connectivity index is 2.22. The van der Waals surface area contributed by atoms with Crippen molar-refractivity contribution >= 4 is 22.8 Å². The summed E-state index contributed by atoms with van der Waals surface area (Å²) in [5, 5.41) is 20.6. The van der Waals surface area contributed by atoms with Crippen LogP contribution in [0.5, 0.6) is 0 Å². The molecule has 1 heterocycles. The monoisotopic (exact) mass is 269 g/mol. The molecule has 0 spiro atoms. The van der Waals surface area contributed by atoms with Crippen LogP contribution in [0, 0.1) is 11.3 Å². The maximum absolute atomic E-state index is 11.9. The average molecular weight is 269 g/mol. The Labute approximate surface area is 114 Å².